The van der Waals surface area contributed by atoms with Crippen molar-refractivity contribution in [3.8, 4) is 0 Å². The smallest absolute Gasteiger partial charge is 0.0511 e. The third-order valence-corrected chi connectivity index (χ3v) is 0.0286. The van der Waals surface area contributed by atoms with Crippen LogP contribution in [-0.2, 0) is 0 Å². The zero-order valence-corrected chi connectivity index (χ0v) is 1.65. The van der Waals surface area contributed by atoms with E-state index in [0.717, 1.165) is 0 Å². The Kier molecular flexibility index (Phi) is 2.13. The van der Waals surface area contributed by atoms with Gasteiger partial charge >= 0.3 is 0 Å². The SMILES string of the molecule is F/N=N\F. The minimum atomic E-state index is 1.19. The summed E-state index contributed by atoms with van der Waals surface area (Å²) in [6, 6.07) is 0. The normalized spacial score (nSPS) is 9.50. The van der Waals surface area contributed by atoms with Crippen molar-refractivity contribution in [1.29, 1.82) is 0 Å². The standard InChI is InChI=1S/F2N2/c1-3-4-2/b4-3-. The maximum Gasteiger partial charge on any atom is 0.0511 e. The molecule has 4 heavy (non-hydrogen) atoms. The topological polar surface area (TPSA) is 24.7 Å². The predicted molar refractivity (Wildman–Crippen MR) is 7.07 cm³/mol. The van der Waals surface area contributed by atoms with Gasteiger partial charge in [0.1, 0.15) is 0 Å². The molecule has 0 fully saturated rings. The summed E-state index contributed by atoms with van der Waals surface area (Å²) >= 11 is 0. The van der Waals surface area contributed by atoms with Crippen LogP contribution in [-0.4, -0.2) is 0 Å². The molecule has 4 heteroatoms. The Morgan fingerprint density at radius 2 is 1.25 bits per heavy atom. The summed E-state index contributed by atoms with van der Waals surface area (Å²) in [5.41, 5.74) is 0. The molecular formula is F2N2. The van der Waals surface area contributed by atoms with Crippen molar-refractivity contribution in [3.05, 3.63) is 0 Å². The number of hydrogen-bond acceptors (Lipinski definition) is 2. The average Bonchev–Trinajstić information content (AvgIpc) is 1.37. The zero-order chi connectivity index (χ0) is 3.41. The van der Waals surface area contributed by atoms with Gasteiger partial charge in [-0.15, -0.1) is 0 Å². The fourth-order valence-corrected chi connectivity index (χ4v) is 0. The van der Waals surface area contributed by atoms with Crippen LogP contribution in [0.15, 0.2) is 10.7 Å². The highest BCUT2D eigenvalue weighted by molar-refractivity contribution is 3.55. The second-order valence-electron chi connectivity index (χ2n) is 0.151. The lowest BCUT2D eigenvalue weighted by atomic mass is 13.1. The van der Waals surface area contributed by atoms with Gasteiger partial charge in [0, 0.05) is 0 Å². The minimum Gasteiger partial charge on any atom is -0.0511 e. The number of hydrogen-bond donors (Lipinski definition) is 0. The first-order valence-corrected chi connectivity index (χ1v) is 0.538. The Morgan fingerprint density at radius 3 is 1.25 bits per heavy atom. The van der Waals surface area contributed by atoms with Gasteiger partial charge < -0.3 is 0 Å². The predicted octanol–water partition coefficient (Wildman–Crippen LogP) is 1.21. The Bertz CT molecular complexity index is 19.2. The van der Waals surface area contributed by atoms with Crippen LogP contribution < -0.4 is 0 Å². The van der Waals surface area contributed by atoms with E-state index in [-0.39, 0.29) is 0 Å². The fourth-order valence-electron chi connectivity index (χ4n) is 0. The molecule has 0 spiro atoms. The van der Waals surface area contributed by atoms with Crippen LogP contribution in [0.3, 0.4) is 0 Å². The summed E-state index contributed by atoms with van der Waals surface area (Å²) in [5.74, 6) is 0. The van der Waals surface area contributed by atoms with Gasteiger partial charge in [-0.2, -0.15) is 0 Å². The van der Waals surface area contributed by atoms with Crippen LogP contribution in [0.2, 0.25) is 0 Å². The van der Waals surface area contributed by atoms with Crippen molar-refractivity contribution in [2.45, 2.75) is 0 Å². The molecule has 0 bridgehead atoms. The highest BCUT2D eigenvalue weighted by Gasteiger charge is 1.43. The van der Waals surface area contributed by atoms with E-state index < -0.39 is 0 Å². The summed E-state index contributed by atoms with van der Waals surface area (Å²) in [6.45, 7) is 0. The zero-order valence-electron chi connectivity index (χ0n) is 1.65. The molecule has 0 aliphatic rings. The monoisotopic (exact) mass is 66.0 g/mol. The molecule has 0 aromatic heterocycles. The summed E-state index contributed by atoms with van der Waals surface area (Å²) in [6.07, 6.45) is 0. The molecule has 0 aromatic rings. The molecule has 24 valence electrons. The van der Waals surface area contributed by atoms with Gasteiger partial charge in [0.15, 0.2) is 0 Å². The van der Waals surface area contributed by atoms with E-state index in [9.17, 15) is 8.96 Å². The van der Waals surface area contributed by atoms with Crippen molar-refractivity contribution in [1.82, 2.24) is 0 Å². The maximum atomic E-state index is 9.81. The van der Waals surface area contributed by atoms with Crippen LogP contribution in [0, 0.1) is 0 Å². The molecule has 0 unspecified atom stereocenters. The van der Waals surface area contributed by atoms with E-state index >= 15 is 0 Å². The van der Waals surface area contributed by atoms with Gasteiger partial charge in [-0.1, -0.05) is 8.96 Å². The molecule has 0 atom stereocenters. The lowest BCUT2D eigenvalue weighted by molar-refractivity contribution is 0.369. The Labute approximate surface area is 21.0 Å². The van der Waals surface area contributed by atoms with Gasteiger partial charge in [0.05, 0.1) is 10.7 Å². The van der Waals surface area contributed by atoms with Crippen molar-refractivity contribution in [3.63, 3.8) is 0 Å². The molecule has 0 amide bonds. The van der Waals surface area contributed by atoms with Crippen molar-refractivity contribution in [2.24, 2.45) is 10.7 Å². The molecule has 0 radical (unpaired) electrons. The van der Waals surface area contributed by atoms with Crippen LogP contribution in [0.25, 0.3) is 0 Å². The van der Waals surface area contributed by atoms with Crippen molar-refractivity contribution in [2.75, 3.05) is 0 Å². The minimum absolute atomic E-state index is 1.19. The van der Waals surface area contributed by atoms with Crippen LogP contribution >= 0.6 is 0 Å². The second-order valence-corrected chi connectivity index (χ2v) is 0.151. The quantitative estimate of drug-likeness (QED) is 0.379. The third kappa shape index (κ3) is 1.46. The van der Waals surface area contributed by atoms with E-state index in [4.69, 9.17) is 0 Å². The molecule has 0 aliphatic heterocycles. The maximum absolute atomic E-state index is 9.81. The first-order chi connectivity index (χ1) is 1.91. The first kappa shape index (κ1) is 3.46. The summed E-state index contributed by atoms with van der Waals surface area (Å²) in [4.78, 5) is 0. The second kappa shape index (κ2) is 2.46. The molecule has 2 nitrogen and oxygen atoms in total. The van der Waals surface area contributed by atoms with Crippen molar-refractivity contribution >= 4 is 0 Å². The molecule has 0 saturated carbocycles. The number of halogens is 2. The van der Waals surface area contributed by atoms with Gasteiger partial charge in [-0.05, 0) is 0 Å². The van der Waals surface area contributed by atoms with Crippen molar-refractivity contribution < 1.29 is 8.96 Å². The van der Waals surface area contributed by atoms with E-state index in [1.807, 2.05) is 0 Å². The molecule has 0 heterocycles. The highest BCUT2D eigenvalue weighted by Crippen LogP contribution is 1.68. The van der Waals surface area contributed by atoms with Gasteiger partial charge in [0.25, 0.3) is 0 Å². The Hall–Kier alpha value is -0.540. The molecule has 0 rings (SSSR count). The van der Waals surface area contributed by atoms with Crippen LogP contribution in [0.5, 0.6) is 0 Å². The van der Waals surface area contributed by atoms with Crippen LogP contribution in [0.1, 0.15) is 0 Å². The van der Waals surface area contributed by atoms with E-state index in [1.165, 1.54) is 10.7 Å². The summed E-state index contributed by atoms with van der Waals surface area (Å²) in [7, 11) is 0. The first-order valence-electron chi connectivity index (χ1n) is 0.538. The lowest BCUT2D eigenvalue weighted by Crippen LogP contribution is -1.16. The fraction of sp³-hybridized carbons (Fsp3) is 0. The van der Waals surface area contributed by atoms with Crippen LogP contribution in [0.4, 0.5) is 8.96 Å². The average molecular weight is 66.0 g/mol. The molecular weight excluding hydrogens is 66.0 g/mol. The summed E-state index contributed by atoms with van der Waals surface area (Å²) in [5, 5.41) is 2.39. The molecule has 0 saturated heterocycles. The Morgan fingerprint density at radius 1 is 1.00 bits per heavy atom. The van der Waals surface area contributed by atoms with Gasteiger partial charge in [0.2, 0.25) is 0 Å². The van der Waals surface area contributed by atoms with E-state index in [2.05, 4.69) is 0 Å². The molecule has 0 aliphatic carbocycles. The van der Waals surface area contributed by atoms with E-state index in [1.54, 1.807) is 0 Å². The highest BCUT2D eigenvalue weighted by atomic mass is 19.2. The third-order valence-electron chi connectivity index (χ3n) is 0.0286. The lowest BCUT2D eigenvalue weighted by Gasteiger charge is -1.40. The van der Waals surface area contributed by atoms with E-state index in [0.29, 0.717) is 0 Å². The number of nitrogens with zero attached hydrogens (tertiary/aromatic N) is 2. The Balaban J connectivity index is 2.55. The number of rotatable bonds is 0. The largest absolute Gasteiger partial charge is 0.0511 e. The van der Waals surface area contributed by atoms with Gasteiger partial charge in [-0.3, -0.25) is 0 Å². The summed E-state index contributed by atoms with van der Waals surface area (Å²) < 4.78 is 19.6. The molecule has 0 N–H and O–H groups in total. The molecule has 0 aromatic carbocycles. The van der Waals surface area contributed by atoms with Gasteiger partial charge in [-0.25, -0.2) is 0 Å².